The first-order valence-corrected chi connectivity index (χ1v) is 10.4. The van der Waals surface area contributed by atoms with Crippen LogP contribution in [0.3, 0.4) is 0 Å². The van der Waals surface area contributed by atoms with Crippen LogP contribution in [0.4, 0.5) is 11.4 Å². The number of esters is 1. The lowest BCUT2D eigenvalue weighted by molar-refractivity contribution is -0.136. The standard InChI is InChI=1S/C21H21N3O5S/c1-29-21(28)15-12-23(8-9-25)20(27)18(15)22-14-5-4-13-6-7-24(16(13)11-14)19(26)17-3-2-10-30-17/h2-5,10-11,22,25H,6-9,12H2,1H3. The first-order valence-electron chi connectivity index (χ1n) is 9.50. The molecule has 0 radical (unpaired) electrons. The fourth-order valence-electron chi connectivity index (χ4n) is 3.69. The Hall–Kier alpha value is -3.17. The van der Waals surface area contributed by atoms with Gasteiger partial charge >= 0.3 is 5.97 Å². The van der Waals surface area contributed by atoms with Crippen LogP contribution in [0.5, 0.6) is 0 Å². The van der Waals surface area contributed by atoms with Crippen LogP contribution in [0.25, 0.3) is 0 Å². The first kappa shape index (κ1) is 20.1. The van der Waals surface area contributed by atoms with Gasteiger partial charge < -0.3 is 25.0 Å². The summed E-state index contributed by atoms with van der Waals surface area (Å²) in [4.78, 5) is 41.5. The Kier molecular flexibility index (Phi) is 5.56. The molecule has 2 amide bonds. The van der Waals surface area contributed by atoms with Gasteiger partial charge in [-0.1, -0.05) is 12.1 Å². The van der Waals surface area contributed by atoms with E-state index in [4.69, 9.17) is 4.74 Å². The van der Waals surface area contributed by atoms with Crippen LogP contribution in [0, 0.1) is 0 Å². The Balaban J connectivity index is 1.62. The molecule has 2 aromatic rings. The van der Waals surface area contributed by atoms with Crippen LogP contribution in [-0.4, -0.2) is 61.1 Å². The molecule has 3 heterocycles. The Morgan fingerprint density at radius 2 is 2.13 bits per heavy atom. The van der Waals surface area contributed by atoms with Crippen molar-refractivity contribution in [2.75, 3.05) is 43.6 Å². The predicted molar refractivity (Wildman–Crippen MR) is 112 cm³/mol. The monoisotopic (exact) mass is 427 g/mol. The van der Waals surface area contributed by atoms with Gasteiger partial charge in [-0.15, -0.1) is 11.3 Å². The topological polar surface area (TPSA) is 99.2 Å². The van der Waals surface area contributed by atoms with Crippen LogP contribution in [0.2, 0.25) is 0 Å². The van der Waals surface area contributed by atoms with Gasteiger partial charge in [-0.05, 0) is 35.6 Å². The van der Waals surface area contributed by atoms with Crippen molar-refractivity contribution in [1.82, 2.24) is 4.90 Å². The van der Waals surface area contributed by atoms with Crippen LogP contribution in [-0.2, 0) is 20.7 Å². The highest BCUT2D eigenvalue weighted by molar-refractivity contribution is 7.12. The van der Waals surface area contributed by atoms with E-state index in [1.807, 2.05) is 29.6 Å². The maximum absolute atomic E-state index is 12.8. The van der Waals surface area contributed by atoms with Crippen molar-refractivity contribution in [3.63, 3.8) is 0 Å². The molecule has 0 atom stereocenters. The van der Waals surface area contributed by atoms with Crippen LogP contribution in [0.1, 0.15) is 15.2 Å². The third kappa shape index (κ3) is 3.57. The molecule has 2 N–H and O–H groups in total. The summed E-state index contributed by atoms with van der Waals surface area (Å²) in [5, 5.41) is 14.1. The van der Waals surface area contributed by atoms with E-state index in [1.165, 1.54) is 23.3 Å². The first-order chi connectivity index (χ1) is 14.5. The number of hydrogen-bond acceptors (Lipinski definition) is 7. The maximum Gasteiger partial charge on any atom is 0.337 e. The molecular weight excluding hydrogens is 406 g/mol. The molecule has 0 unspecified atom stereocenters. The summed E-state index contributed by atoms with van der Waals surface area (Å²) in [5.41, 5.74) is 2.77. The quantitative estimate of drug-likeness (QED) is 0.680. The molecule has 1 aromatic heterocycles. The number of carbonyl (C=O) groups excluding carboxylic acids is 3. The highest BCUT2D eigenvalue weighted by Gasteiger charge is 2.35. The molecule has 0 aliphatic carbocycles. The number of nitrogens with zero attached hydrogens (tertiary/aromatic N) is 2. The molecular formula is C21H21N3O5S. The lowest BCUT2D eigenvalue weighted by atomic mass is 10.1. The Morgan fingerprint density at radius 1 is 1.30 bits per heavy atom. The van der Waals surface area contributed by atoms with Gasteiger partial charge in [0.05, 0.1) is 30.7 Å². The number of aliphatic hydroxyl groups is 1. The third-order valence-electron chi connectivity index (χ3n) is 5.18. The van der Waals surface area contributed by atoms with E-state index < -0.39 is 5.97 Å². The second-order valence-electron chi connectivity index (χ2n) is 6.95. The molecule has 30 heavy (non-hydrogen) atoms. The summed E-state index contributed by atoms with van der Waals surface area (Å²) < 4.78 is 4.81. The predicted octanol–water partition coefficient (Wildman–Crippen LogP) is 1.62. The zero-order chi connectivity index (χ0) is 21.3. The molecule has 0 saturated carbocycles. The molecule has 0 spiro atoms. The number of aliphatic hydroxyl groups excluding tert-OH is 1. The smallest absolute Gasteiger partial charge is 0.337 e. The van der Waals surface area contributed by atoms with E-state index in [9.17, 15) is 19.5 Å². The summed E-state index contributed by atoms with van der Waals surface area (Å²) in [5.74, 6) is -1.03. The molecule has 0 fully saturated rings. The number of ether oxygens (including phenoxy) is 1. The van der Waals surface area contributed by atoms with Gasteiger partial charge in [0.15, 0.2) is 0 Å². The normalized spacial score (nSPS) is 15.6. The van der Waals surface area contributed by atoms with E-state index in [-0.39, 0.29) is 42.8 Å². The number of nitrogens with one attached hydrogen (secondary N) is 1. The summed E-state index contributed by atoms with van der Waals surface area (Å²) in [7, 11) is 1.26. The van der Waals surface area contributed by atoms with Gasteiger partial charge in [-0.25, -0.2) is 4.79 Å². The molecule has 2 aliphatic heterocycles. The van der Waals surface area contributed by atoms with E-state index in [1.54, 1.807) is 11.0 Å². The zero-order valence-corrected chi connectivity index (χ0v) is 17.2. The number of amides is 2. The summed E-state index contributed by atoms with van der Waals surface area (Å²) in [6.45, 7) is 0.584. The van der Waals surface area contributed by atoms with Crippen molar-refractivity contribution in [3.8, 4) is 0 Å². The number of hydrogen-bond donors (Lipinski definition) is 2. The second kappa shape index (κ2) is 8.29. The SMILES string of the molecule is COC(=O)C1=C(Nc2ccc3c(c2)N(C(=O)c2cccs2)CC3)C(=O)N(CCO)C1. The van der Waals surface area contributed by atoms with Crippen LogP contribution < -0.4 is 10.2 Å². The van der Waals surface area contributed by atoms with Gasteiger partial charge in [0.25, 0.3) is 11.8 Å². The summed E-state index contributed by atoms with van der Waals surface area (Å²) in [6, 6.07) is 9.20. The highest BCUT2D eigenvalue weighted by Crippen LogP contribution is 2.34. The minimum Gasteiger partial charge on any atom is -0.466 e. The van der Waals surface area contributed by atoms with E-state index >= 15 is 0 Å². The fourth-order valence-corrected chi connectivity index (χ4v) is 4.37. The molecule has 156 valence electrons. The Morgan fingerprint density at radius 3 is 2.83 bits per heavy atom. The average Bonchev–Trinajstić information content (AvgIpc) is 3.49. The van der Waals surface area contributed by atoms with Crippen LogP contribution >= 0.6 is 11.3 Å². The van der Waals surface area contributed by atoms with Crippen molar-refractivity contribution < 1.29 is 24.2 Å². The van der Waals surface area contributed by atoms with E-state index in [0.717, 1.165) is 17.7 Å². The lowest BCUT2D eigenvalue weighted by Crippen LogP contribution is -2.31. The Bertz CT molecular complexity index is 1030. The number of carbonyl (C=O) groups is 3. The van der Waals surface area contributed by atoms with Gasteiger partial charge in [-0.3, -0.25) is 9.59 Å². The number of fused-ring (bicyclic) bond motifs is 1. The molecule has 8 nitrogen and oxygen atoms in total. The molecule has 2 aliphatic rings. The highest BCUT2D eigenvalue weighted by atomic mass is 32.1. The van der Waals surface area contributed by atoms with E-state index in [2.05, 4.69) is 5.32 Å². The summed E-state index contributed by atoms with van der Waals surface area (Å²) >= 11 is 1.40. The van der Waals surface area contributed by atoms with Crippen molar-refractivity contribution >= 4 is 40.5 Å². The summed E-state index contributed by atoms with van der Waals surface area (Å²) in [6.07, 6.45) is 0.756. The van der Waals surface area contributed by atoms with Crippen molar-refractivity contribution in [1.29, 1.82) is 0 Å². The minimum atomic E-state index is -0.595. The number of thiophene rings is 1. The van der Waals surface area contributed by atoms with Gasteiger partial charge in [-0.2, -0.15) is 0 Å². The zero-order valence-electron chi connectivity index (χ0n) is 16.4. The second-order valence-corrected chi connectivity index (χ2v) is 7.90. The number of methoxy groups -OCH3 is 1. The number of benzene rings is 1. The lowest BCUT2D eigenvalue weighted by Gasteiger charge is -2.18. The third-order valence-corrected chi connectivity index (χ3v) is 6.04. The van der Waals surface area contributed by atoms with Crippen molar-refractivity contribution in [3.05, 3.63) is 57.4 Å². The number of anilines is 2. The van der Waals surface area contributed by atoms with Gasteiger partial charge in [0, 0.05) is 24.5 Å². The molecule has 0 saturated heterocycles. The van der Waals surface area contributed by atoms with Gasteiger partial charge in [0.1, 0.15) is 5.70 Å². The van der Waals surface area contributed by atoms with Crippen molar-refractivity contribution in [2.24, 2.45) is 0 Å². The molecule has 4 rings (SSSR count). The average molecular weight is 427 g/mol. The molecule has 1 aromatic carbocycles. The number of β-amino-alcohol motifs (C(OH)–C–C–N with tert-alkyl or cyclic N) is 1. The van der Waals surface area contributed by atoms with Crippen LogP contribution in [0.15, 0.2) is 47.0 Å². The van der Waals surface area contributed by atoms with Gasteiger partial charge in [0.2, 0.25) is 0 Å². The van der Waals surface area contributed by atoms with Crippen molar-refractivity contribution in [2.45, 2.75) is 6.42 Å². The number of rotatable bonds is 6. The maximum atomic E-state index is 12.8. The van der Waals surface area contributed by atoms with E-state index in [0.29, 0.717) is 17.1 Å². The largest absolute Gasteiger partial charge is 0.466 e. The Labute approximate surface area is 177 Å². The molecule has 9 heteroatoms. The minimum absolute atomic E-state index is 0.0542. The molecule has 0 bridgehead atoms. The fraction of sp³-hybridized carbons (Fsp3) is 0.286.